The van der Waals surface area contributed by atoms with Crippen LogP contribution >= 0.6 is 0 Å². The monoisotopic (exact) mass is 260 g/mol. The van der Waals surface area contributed by atoms with Crippen LogP contribution in [-0.2, 0) is 6.61 Å². The van der Waals surface area contributed by atoms with Crippen LogP contribution in [0.2, 0.25) is 0 Å². The Kier molecular flexibility index (Phi) is 4.10. The number of aromatic nitrogens is 2. The minimum Gasteiger partial charge on any atom is -0.497 e. The third-order valence-corrected chi connectivity index (χ3v) is 2.95. The highest BCUT2D eigenvalue weighted by Gasteiger charge is 2.07. The van der Waals surface area contributed by atoms with Crippen LogP contribution < -0.4 is 9.47 Å². The van der Waals surface area contributed by atoms with Gasteiger partial charge in [-0.2, -0.15) is 0 Å². The van der Waals surface area contributed by atoms with Crippen LogP contribution in [0.5, 0.6) is 11.5 Å². The third kappa shape index (κ3) is 3.28. The van der Waals surface area contributed by atoms with Gasteiger partial charge in [-0.1, -0.05) is 6.07 Å². The molecule has 2 aromatic rings. The average molecular weight is 260 g/mol. The first kappa shape index (κ1) is 13.5. The standard InChI is InChI=1S/C15H20N2O2/c1-11(2)17-9-13(16-12(17)3)10-19-15-7-5-6-14(8-15)18-4/h5-9,11H,10H2,1-4H3. The molecule has 1 heterocycles. The lowest BCUT2D eigenvalue weighted by Gasteiger charge is -2.07. The Bertz CT molecular complexity index is 547. The third-order valence-electron chi connectivity index (χ3n) is 2.95. The van der Waals surface area contributed by atoms with E-state index in [0.717, 1.165) is 23.0 Å². The van der Waals surface area contributed by atoms with E-state index in [0.29, 0.717) is 12.6 Å². The number of benzene rings is 1. The molecule has 0 aliphatic heterocycles. The normalized spacial score (nSPS) is 10.8. The molecule has 4 heteroatoms. The summed E-state index contributed by atoms with van der Waals surface area (Å²) in [6, 6.07) is 8.00. The number of rotatable bonds is 5. The van der Waals surface area contributed by atoms with Crippen LogP contribution in [-0.4, -0.2) is 16.7 Å². The molecule has 0 aliphatic carbocycles. The Labute approximate surface area is 114 Å². The number of aryl methyl sites for hydroxylation is 1. The second-order valence-electron chi connectivity index (χ2n) is 4.75. The van der Waals surface area contributed by atoms with Crippen molar-refractivity contribution in [1.82, 2.24) is 9.55 Å². The van der Waals surface area contributed by atoms with Crippen molar-refractivity contribution >= 4 is 0 Å². The Morgan fingerprint density at radius 3 is 2.63 bits per heavy atom. The second kappa shape index (κ2) is 5.78. The van der Waals surface area contributed by atoms with Gasteiger partial charge in [-0.05, 0) is 32.9 Å². The summed E-state index contributed by atoms with van der Waals surface area (Å²) in [5, 5.41) is 0. The quantitative estimate of drug-likeness (QED) is 0.827. The fourth-order valence-corrected chi connectivity index (χ4v) is 1.99. The Morgan fingerprint density at radius 1 is 1.26 bits per heavy atom. The Balaban J connectivity index is 2.04. The van der Waals surface area contributed by atoms with Gasteiger partial charge in [0, 0.05) is 18.3 Å². The molecule has 0 unspecified atom stereocenters. The van der Waals surface area contributed by atoms with Gasteiger partial charge in [0.1, 0.15) is 23.9 Å². The number of hydrogen-bond donors (Lipinski definition) is 0. The number of hydrogen-bond acceptors (Lipinski definition) is 3. The molecule has 2 rings (SSSR count). The molecular weight excluding hydrogens is 240 g/mol. The zero-order chi connectivity index (χ0) is 13.8. The molecule has 0 saturated heterocycles. The van der Waals surface area contributed by atoms with E-state index in [2.05, 4.69) is 23.4 Å². The second-order valence-corrected chi connectivity index (χ2v) is 4.75. The summed E-state index contributed by atoms with van der Waals surface area (Å²) in [6.07, 6.45) is 2.04. The molecule has 4 nitrogen and oxygen atoms in total. The molecule has 0 aliphatic rings. The highest BCUT2D eigenvalue weighted by Crippen LogP contribution is 2.20. The highest BCUT2D eigenvalue weighted by molar-refractivity contribution is 5.32. The first-order chi connectivity index (χ1) is 9.10. The zero-order valence-corrected chi connectivity index (χ0v) is 11.9. The molecule has 102 valence electrons. The van der Waals surface area contributed by atoms with E-state index in [1.807, 2.05) is 37.4 Å². The molecule has 0 atom stereocenters. The van der Waals surface area contributed by atoms with Crippen molar-refractivity contribution in [2.75, 3.05) is 7.11 Å². The van der Waals surface area contributed by atoms with Crippen LogP contribution in [0.1, 0.15) is 31.4 Å². The van der Waals surface area contributed by atoms with Crippen molar-refractivity contribution in [3.8, 4) is 11.5 Å². The van der Waals surface area contributed by atoms with Gasteiger partial charge in [-0.25, -0.2) is 4.98 Å². The van der Waals surface area contributed by atoms with Gasteiger partial charge in [0.2, 0.25) is 0 Å². The fourth-order valence-electron chi connectivity index (χ4n) is 1.99. The van der Waals surface area contributed by atoms with E-state index in [4.69, 9.17) is 9.47 Å². The SMILES string of the molecule is COc1cccc(OCc2cn(C(C)C)c(C)n2)c1. The minimum atomic E-state index is 0.415. The Hall–Kier alpha value is -1.97. The van der Waals surface area contributed by atoms with Crippen LogP contribution in [0.15, 0.2) is 30.5 Å². The zero-order valence-electron chi connectivity index (χ0n) is 11.9. The van der Waals surface area contributed by atoms with Gasteiger partial charge < -0.3 is 14.0 Å². The summed E-state index contributed by atoms with van der Waals surface area (Å²) in [4.78, 5) is 4.50. The lowest BCUT2D eigenvalue weighted by atomic mass is 10.3. The van der Waals surface area contributed by atoms with Crippen LogP contribution in [0.4, 0.5) is 0 Å². The van der Waals surface area contributed by atoms with Gasteiger partial charge >= 0.3 is 0 Å². The topological polar surface area (TPSA) is 36.3 Å². The van der Waals surface area contributed by atoms with E-state index >= 15 is 0 Å². The van der Waals surface area contributed by atoms with E-state index in [1.54, 1.807) is 7.11 Å². The molecule has 1 aromatic carbocycles. The van der Waals surface area contributed by atoms with Crippen molar-refractivity contribution < 1.29 is 9.47 Å². The number of nitrogens with zero attached hydrogens (tertiary/aromatic N) is 2. The van der Waals surface area contributed by atoms with Crippen LogP contribution in [0.25, 0.3) is 0 Å². The van der Waals surface area contributed by atoms with Gasteiger partial charge in [0.05, 0.1) is 12.8 Å². The van der Waals surface area contributed by atoms with Gasteiger partial charge in [0.15, 0.2) is 0 Å². The van der Waals surface area contributed by atoms with Crippen molar-refractivity contribution in [1.29, 1.82) is 0 Å². The summed E-state index contributed by atoms with van der Waals surface area (Å²) < 4.78 is 13.0. The average Bonchev–Trinajstić information content (AvgIpc) is 2.78. The number of ether oxygens (including phenoxy) is 2. The minimum absolute atomic E-state index is 0.415. The molecule has 0 spiro atoms. The summed E-state index contributed by atoms with van der Waals surface area (Å²) in [5.41, 5.74) is 0.939. The predicted octanol–water partition coefficient (Wildman–Crippen LogP) is 3.36. The van der Waals surface area contributed by atoms with E-state index < -0.39 is 0 Å². The van der Waals surface area contributed by atoms with Gasteiger partial charge in [-0.15, -0.1) is 0 Å². The Morgan fingerprint density at radius 2 is 2.00 bits per heavy atom. The smallest absolute Gasteiger partial charge is 0.132 e. The van der Waals surface area contributed by atoms with Crippen molar-refractivity contribution in [2.24, 2.45) is 0 Å². The van der Waals surface area contributed by atoms with Crippen molar-refractivity contribution in [3.05, 3.63) is 42.0 Å². The molecular formula is C15H20N2O2. The molecule has 0 N–H and O–H groups in total. The first-order valence-electron chi connectivity index (χ1n) is 6.41. The summed E-state index contributed by atoms with van der Waals surface area (Å²) in [6.45, 7) is 6.76. The van der Waals surface area contributed by atoms with Gasteiger partial charge in [0.25, 0.3) is 0 Å². The molecule has 0 amide bonds. The largest absolute Gasteiger partial charge is 0.497 e. The maximum atomic E-state index is 5.73. The van der Waals surface area contributed by atoms with Crippen molar-refractivity contribution in [3.63, 3.8) is 0 Å². The van der Waals surface area contributed by atoms with E-state index in [-0.39, 0.29) is 0 Å². The molecule has 1 aromatic heterocycles. The molecule has 0 radical (unpaired) electrons. The molecule has 0 saturated carbocycles. The number of imidazole rings is 1. The lowest BCUT2D eigenvalue weighted by Crippen LogP contribution is -2.00. The van der Waals surface area contributed by atoms with Crippen LogP contribution in [0.3, 0.4) is 0 Å². The molecule has 0 bridgehead atoms. The van der Waals surface area contributed by atoms with Gasteiger partial charge in [-0.3, -0.25) is 0 Å². The highest BCUT2D eigenvalue weighted by atomic mass is 16.5. The number of methoxy groups -OCH3 is 1. The molecule has 19 heavy (non-hydrogen) atoms. The first-order valence-corrected chi connectivity index (χ1v) is 6.41. The summed E-state index contributed by atoms with van der Waals surface area (Å²) in [5.74, 6) is 2.59. The van der Waals surface area contributed by atoms with Crippen LogP contribution in [0, 0.1) is 6.92 Å². The predicted molar refractivity (Wildman–Crippen MR) is 74.7 cm³/mol. The summed E-state index contributed by atoms with van der Waals surface area (Å²) >= 11 is 0. The van der Waals surface area contributed by atoms with E-state index in [9.17, 15) is 0 Å². The molecule has 0 fully saturated rings. The van der Waals surface area contributed by atoms with E-state index in [1.165, 1.54) is 0 Å². The lowest BCUT2D eigenvalue weighted by molar-refractivity contribution is 0.299. The summed E-state index contributed by atoms with van der Waals surface area (Å²) in [7, 11) is 1.65. The maximum Gasteiger partial charge on any atom is 0.132 e. The fraction of sp³-hybridized carbons (Fsp3) is 0.400. The maximum absolute atomic E-state index is 5.73. The van der Waals surface area contributed by atoms with Crippen molar-refractivity contribution in [2.45, 2.75) is 33.4 Å².